The van der Waals surface area contributed by atoms with Crippen LogP contribution in [0.2, 0.25) is 0 Å². The average molecular weight is 395 g/mol. The Bertz CT molecular complexity index is 1090. The zero-order chi connectivity index (χ0) is 20.5. The van der Waals surface area contributed by atoms with Gasteiger partial charge >= 0.3 is 0 Å². The Morgan fingerprint density at radius 1 is 0.966 bits per heavy atom. The minimum absolute atomic E-state index is 0.0141. The number of benzene rings is 2. The minimum atomic E-state index is -0.953. The second-order valence-electron chi connectivity index (χ2n) is 6.56. The van der Waals surface area contributed by atoms with E-state index < -0.39 is 35.1 Å². The number of aliphatic hydroxyl groups is 1. The maximum atomic E-state index is 13.4. The van der Waals surface area contributed by atoms with Crippen LogP contribution < -0.4 is 0 Å². The number of nitrogens with zero attached hydrogens (tertiary/aromatic N) is 1. The third kappa shape index (κ3) is 3.42. The number of hydrogen-bond donors (Lipinski definition) is 1. The van der Waals surface area contributed by atoms with E-state index in [4.69, 9.17) is 4.42 Å². The molecule has 3 aromatic rings. The van der Waals surface area contributed by atoms with Crippen molar-refractivity contribution in [3.8, 4) is 0 Å². The predicted molar refractivity (Wildman–Crippen MR) is 99.4 cm³/mol. The van der Waals surface area contributed by atoms with Crippen LogP contribution >= 0.6 is 0 Å². The Morgan fingerprint density at radius 3 is 2.17 bits per heavy atom. The van der Waals surface area contributed by atoms with Gasteiger partial charge in [-0.15, -0.1) is 0 Å². The normalized spacial score (nSPS) is 18.4. The van der Waals surface area contributed by atoms with Gasteiger partial charge in [-0.25, -0.2) is 8.78 Å². The molecule has 0 saturated carbocycles. The van der Waals surface area contributed by atoms with E-state index in [2.05, 4.69) is 0 Å². The molecule has 146 valence electrons. The summed E-state index contributed by atoms with van der Waals surface area (Å²) < 4.78 is 32.0. The first-order valence-electron chi connectivity index (χ1n) is 8.78. The van der Waals surface area contributed by atoms with Crippen LogP contribution in [0.25, 0.3) is 5.76 Å². The van der Waals surface area contributed by atoms with E-state index in [-0.39, 0.29) is 17.7 Å². The Labute approximate surface area is 164 Å². The molecule has 1 fully saturated rings. The maximum Gasteiger partial charge on any atom is 0.296 e. The number of likely N-dealkylation sites (tertiary alicyclic amines) is 1. The van der Waals surface area contributed by atoms with Gasteiger partial charge in [0.1, 0.15) is 23.2 Å². The largest absolute Gasteiger partial charge is 0.507 e. The Kier molecular flexibility index (Phi) is 4.72. The number of aliphatic hydroxyl groups excluding tert-OH is 1. The molecule has 0 spiro atoms. The first kappa shape index (κ1) is 18.6. The van der Waals surface area contributed by atoms with Crippen LogP contribution in [0.15, 0.2) is 76.9 Å². The molecule has 1 atom stereocenters. The van der Waals surface area contributed by atoms with Crippen molar-refractivity contribution in [3.63, 3.8) is 0 Å². The third-order valence-electron chi connectivity index (χ3n) is 4.75. The molecule has 2 heterocycles. The van der Waals surface area contributed by atoms with Gasteiger partial charge in [0.05, 0.1) is 24.4 Å². The highest BCUT2D eigenvalue weighted by atomic mass is 19.1. The molecule has 1 amide bonds. The highest BCUT2D eigenvalue weighted by Gasteiger charge is 2.46. The van der Waals surface area contributed by atoms with Crippen molar-refractivity contribution in [1.29, 1.82) is 0 Å². The molecular weight excluding hydrogens is 380 g/mol. The number of rotatable bonds is 4. The molecule has 1 saturated heterocycles. The Morgan fingerprint density at radius 2 is 1.59 bits per heavy atom. The number of carbonyl (C=O) groups is 2. The van der Waals surface area contributed by atoms with Crippen LogP contribution in [0, 0.1) is 11.6 Å². The molecule has 5 nitrogen and oxygen atoms in total. The van der Waals surface area contributed by atoms with E-state index in [1.807, 2.05) is 0 Å². The molecule has 1 aliphatic heterocycles. The number of hydrogen-bond acceptors (Lipinski definition) is 4. The van der Waals surface area contributed by atoms with Gasteiger partial charge in [0, 0.05) is 5.56 Å². The lowest BCUT2D eigenvalue weighted by molar-refractivity contribution is -0.140. The number of Topliss-reactive ketones (excluding diaryl/α,β-unsaturated/α-hetero) is 1. The smallest absolute Gasteiger partial charge is 0.296 e. The summed E-state index contributed by atoms with van der Waals surface area (Å²) in [6.45, 7) is -0.0141. The van der Waals surface area contributed by atoms with E-state index in [1.165, 1.54) is 47.6 Å². The molecule has 2 aromatic carbocycles. The highest BCUT2D eigenvalue weighted by molar-refractivity contribution is 6.46. The maximum absolute atomic E-state index is 13.4. The van der Waals surface area contributed by atoms with Gasteiger partial charge in [0.2, 0.25) is 0 Å². The van der Waals surface area contributed by atoms with Crippen molar-refractivity contribution >= 4 is 17.4 Å². The average Bonchev–Trinajstić information content (AvgIpc) is 3.31. The van der Waals surface area contributed by atoms with E-state index in [1.54, 1.807) is 12.1 Å². The van der Waals surface area contributed by atoms with Gasteiger partial charge < -0.3 is 14.4 Å². The molecule has 1 aromatic heterocycles. The van der Waals surface area contributed by atoms with Gasteiger partial charge in [0.25, 0.3) is 11.7 Å². The monoisotopic (exact) mass is 395 g/mol. The molecule has 4 rings (SSSR count). The number of carbonyl (C=O) groups excluding carboxylic acids is 2. The van der Waals surface area contributed by atoms with Crippen LogP contribution in [-0.2, 0) is 16.1 Å². The summed E-state index contributed by atoms with van der Waals surface area (Å²) in [6.07, 6.45) is 1.44. The van der Waals surface area contributed by atoms with Crippen molar-refractivity contribution in [1.82, 2.24) is 4.90 Å². The SMILES string of the molecule is O=C1C(=O)N(Cc2ccco2)C(c2ccc(F)cc2)/C1=C(\O)c1ccc(F)cc1. The van der Waals surface area contributed by atoms with Gasteiger partial charge in [-0.3, -0.25) is 9.59 Å². The molecule has 0 bridgehead atoms. The highest BCUT2D eigenvalue weighted by Crippen LogP contribution is 2.40. The Balaban J connectivity index is 1.86. The summed E-state index contributed by atoms with van der Waals surface area (Å²) in [7, 11) is 0. The molecular formula is C22H15F2NO4. The summed E-state index contributed by atoms with van der Waals surface area (Å²) in [4.78, 5) is 26.8. The van der Waals surface area contributed by atoms with E-state index >= 15 is 0 Å². The molecule has 0 radical (unpaired) electrons. The second kappa shape index (κ2) is 7.35. The molecule has 7 heteroatoms. The minimum Gasteiger partial charge on any atom is -0.507 e. The van der Waals surface area contributed by atoms with Crippen LogP contribution in [0.5, 0.6) is 0 Å². The number of halogens is 2. The molecule has 29 heavy (non-hydrogen) atoms. The summed E-state index contributed by atoms with van der Waals surface area (Å²) >= 11 is 0. The fraction of sp³-hybridized carbons (Fsp3) is 0.0909. The van der Waals surface area contributed by atoms with Gasteiger partial charge in [0.15, 0.2) is 0 Å². The number of furan rings is 1. The fourth-order valence-electron chi connectivity index (χ4n) is 3.37. The van der Waals surface area contributed by atoms with Gasteiger partial charge in [-0.1, -0.05) is 12.1 Å². The molecule has 1 unspecified atom stereocenters. The van der Waals surface area contributed by atoms with Crippen LogP contribution in [0.4, 0.5) is 8.78 Å². The zero-order valence-corrected chi connectivity index (χ0v) is 15.0. The summed E-state index contributed by atoms with van der Waals surface area (Å²) in [6, 6.07) is 12.6. The van der Waals surface area contributed by atoms with Crippen LogP contribution in [0.3, 0.4) is 0 Å². The van der Waals surface area contributed by atoms with Crippen molar-refractivity contribution in [2.45, 2.75) is 12.6 Å². The topological polar surface area (TPSA) is 70.8 Å². The fourth-order valence-corrected chi connectivity index (χ4v) is 3.37. The van der Waals surface area contributed by atoms with Crippen LogP contribution in [-0.4, -0.2) is 21.7 Å². The van der Waals surface area contributed by atoms with Crippen molar-refractivity contribution in [3.05, 3.63) is 101 Å². The lowest BCUT2D eigenvalue weighted by atomic mass is 9.95. The lowest BCUT2D eigenvalue weighted by Gasteiger charge is -2.24. The van der Waals surface area contributed by atoms with E-state index in [9.17, 15) is 23.5 Å². The van der Waals surface area contributed by atoms with E-state index in [0.717, 1.165) is 12.1 Å². The lowest BCUT2D eigenvalue weighted by Crippen LogP contribution is -2.29. The quantitative estimate of drug-likeness (QED) is 0.409. The summed E-state index contributed by atoms with van der Waals surface area (Å²) in [5.41, 5.74) is 0.482. The first-order valence-corrected chi connectivity index (χ1v) is 8.78. The number of amides is 1. The Hall–Kier alpha value is -3.74. The second-order valence-corrected chi connectivity index (χ2v) is 6.56. The zero-order valence-electron chi connectivity index (χ0n) is 15.0. The third-order valence-corrected chi connectivity index (χ3v) is 4.75. The predicted octanol–water partition coefficient (Wildman–Crippen LogP) is 4.18. The molecule has 1 aliphatic rings. The number of ketones is 1. The van der Waals surface area contributed by atoms with Crippen molar-refractivity contribution in [2.24, 2.45) is 0 Å². The standard InChI is InChI=1S/C22H15F2NO4/c23-15-7-3-13(4-8-15)19-18(20(26)14-5-9-16(24)10-6-14)21(27)22(28)25(19)12-17-2-1-11-29-17/h1-11,19,26H,12H2/b20-18+. The van der Waals surface area contributed by atoms with Crippen molar-refractivity contribution in [2.75, 3.05) is 0 Å². The van der Waals surface area contributed by atoms with Crippen molar-refractivity contribution < 1.29 is 27.9 Å². The summed E-state index contributed by atoms with van der Waals surface area (Å²) in [5.74, 6) is -2.67. The molecule has 0 aliphatic carbocycles. The first-order chi connectivity index (χ1) is 14.0. The summed E-state index contributed by atoms with van der Waals surface area (Å²) in [5, 5.41) is 10.8. The van der Waals surface area contributed by atoms with Gasteiger partial charge in [-0.05, 0) is 54.1 Å². The van der Waals surface area contributed by atoms with Gasteiger partial charge in [-0.2, -0.15) is 0 Å². The van der Waals surface area contributed by atoms with E-state index in [0.29, 0.717) is 11.3 Å². The van der Waals surface area contributed by atoms with Crippen LogP contribution in [0.1, 0.15) is 22.9 Å². The molecule has 1 N–H and O–H groups in total.